The summed E-state index contributed by atoms with van der Waals surface area (Å²) in [6, 6.07) is 3.71. The summed E-state index contributed by atoms with van der Waals surface area (Å²) < 4.78 is 18.1. The molecule has 82 valence electrons. The highest BCUT2D eigenvalue weighted by atomic mass is 19.1. The van der Waals surface area contributed by atoms with E-state index in [1.54, 1.807) is 6.07 Å². The molecule has 1 aliphatic carbocycles. The Morgan fingerprint density at radius 2 is 2.40 bits per heavy atom. The van der Waals surface area contributed by atoms with Gasteiger partial charge in [0.25, 0.3) is 0 Å². The molecule has 0 unspecified atom stereocenters. The van der Waals surface area contributed by atoms with Crippen LogP contribution in [0.15, 0.2) is 18.3 Å². The average Bonchev–Trinajstić information content (AvgIpc) is 3.00. The van der Waals surface area contributed by atoms with E-state index in [2.05, 4.69) is 16.9 Å². The van der Waals surface area contributed by atoms with Gasteiger partial charge in [0, 0.05) is 24.8 Å². The van der Waals surface area contributed by atoms with Crippen LogP contribution in [0.1, 0.15) is 12.8 Å². The fourth-order valence-corrected chi connectivity index (χ4v) is 1.48. The number of likely N-dealkylation sites (N-methyl/N-ethyl adjacent to an activating group) is 1. The Morgan fingerprint density at radius 3 is 3.07 bits per heavy atom. The predicted octanol–water partition coefficient (Wildman–Crippen LogP) is 1.69. The summed E-state index contributed by atoms with van der Waals surface area (Å²) >= 11 is 0. The van der Waals surface area contributed by atoms with Crippen LogP contribution in [0.5, 0.6) is 5.75 Å². The van der Waals surface area contributed by atoms with Gasteiger partial charge >= 0.3 is 0 Å². The van der Waals surface area contributed by atoms with Crippen LogP contribution >= 0.6 is 0 Å². The third kappa shape index (κ3) is 3.16. The minimum Gasteiger partial charge on any atom is -0.492 e. The minimum atomic E-state index is -0.497. The van der Waals surface area contributed by atoms with Crippen molar-refractivity contribution in [1.82, 2.24) is 9.88 Å². The summed E-state index contributed by atoms with van der Waals surface area (Å²) in [5.74, 6) is 0.0507. The van der Waals surface area contributed by atoms with Crippen molar-refractivity contribution in [3.8, 4) is 5.75 Å². The van der Waals surface area contributed by atoms with Crippen molar-refractivity contribution in [3.05, 3.63) is 24.3 Å². The van der Waals surface area contributed by atoms with Crippen molar-refractivity contribution >= 4 is 0 Å². The van der Waals surface area contributed by atoms with Crippen molar-refractivity contribution in [2.45, 2.75) is 18.9 Å². The van der Waals surface area contributed by atoms with E-state index in [9.17, 15) is 4.39 Å². The molecule has 1 fully saturated rings. The van der Waals surface area contributed by atoms with Gasteiger partial charge in [-0.1, -0.05) is 0 Å². The van der Waals surface area contributed by atoms with E-state index in [0.717, 1.165) is 12.6 Å². The van der Waals surface area contributed by atoms with E-state index < -0.39 is 5.95 Å². The quantitative estimate of drug-likeness (QED) is 0.691. The number of rotatable bonds is 5. The summed E-state index contributed by atoms with van der Waals surface area (Å²) in [5.41, 5.74) is 0. The Balaban J connectivity index is 1.73. The van der Waals surface area contributed by atoms with Gasteiger partial charge in [-0.3, -0.25) is 0 Å². The van der Waals surface area contributed by atoms with E-state index in [0.29, 0.717) is 12.4 Å². The highest BCUT2D eigenvalue weighted by Gasteiger charge is 2.25. The number of hydrogen-bond acceptors (Lipinski definition) is 3. The van der Waals surface area contributed by atoms with Gasteiger partial charge in [-0.2, -0.15) is 4.39 Å². The van der Waals surface area contributed by atoms with Crippen LogP contribution in [-0.4, -0.2) is 36.1 Å². The summed E-state index contributed by atoms with van der Waals surface area (Å²) in [5, 5.41) is 0. The maximum Gasteiger partial charge on any atom is 0.216 e. The van der Waals surface area contributed by atoms with Crippen LogP contribution in [-0.2, 0) is 0 Å². The molecule has 0 aliphatic heterocycles. The van der Waals surface area contributed by atoms with Crippen molar-refractivity contribution < 1.29 is 9.13 Å². The maximum absolute atomic E-state index is 12.7. The highest BCUT2D eigenvalue weighted by Crippen LogP contribution is 2.24. The molecule has 1 saturated carbocycles. The van der Waals surface area contributed by atoms with Crippen molar-refractivity contribution in [1.29, 1.82) is 0 Å². The van der Waals surface area contributed by atoms with Gasteiger partial charge in [0.05, 0.1) is 0 Å². The summed E-state index contributed by atoms with van der Waals surface area (Å²) in [6.45, 7) is 1.48. The standard InChI is InChI=1S/C11H15FN2O/c1-14(9-2-3-9)6-7-15-10-4-5-13-11(12)8-10/h4-5,8-9H,2-3,6-7H2,1H3. The smallest absolute Gasteiger partial charge is 0.216 e. The molecular weight excluding hydrogens is 195 g/mol. The fraction of sp³-hybridized carbons (Fsp3) is 0.545. The molecule has 0 radical (unpaired) electrons. The topological polar surface area (TPSA) is 25.4 Å². The van der Waals surface area contributed by atoms with Gasteiger partial charge in [0.2, 0.25) is 5.95 Å². The molecule has 3 nitrogen and oxygen atoms in total. The number of hydrogen-bond donors (Lipinski definition) is 0. The first-order valence-corrected chi connectivity index (χ1v) is 5.20. The molecule has 1 aromatic rings. The van der Waals surface area contributed by atoms with Crippen molar-refractivity contribution in [2.75, 3.05) is 20.2 Å². The Labute approximate surface area is 88.9 Å². The molecule has 1 heterocycles. The molecule has 1 aliphatic rings. The molecule has 0 N–H and O–H groups in total. The minimum absolute atomic E-state index is 0.497. The van der Waals surface area contributed by atoms with Crippen LogP contribution in [0.4, 0.5) is 4.39 Å². The normalized spacial score (nSPS) is 15.7. The van der Waals surface area contributed by atoms with E-state index in [1.165, 1.54) is 25.1 Å². The van der Waals surface area contributed by atoms with Crippen molar-refractivity contribution in [3.63, 3.8) is 0 Å². The Kier molecular flexibility index (Phi) is 3.16. The van der Waals surface area contributed by atoms with Gasteiger partial charge < -0.3 is 9.64 Å². The number of nitrogens with zero attached hydrogens (tertiary/aromatic N) is 2. The van der Waals surface area contributed by atoms with E-state index in [-0.39, 0.29) is 0 Å². The third-order valence-electron chi connectivity index (χ3n) is 2.58. The number of halogens is 1. The Morgan fingerprint density at radius 1 is 1.60 bits per heavy atom. The zero-order valence-electron chi connectivity index (χ0n) is 8.82. The SMILES string of the molecule is CN(CCOc1ccnc(F)c1)C1CC1. The molecular formula is C11H15FN2O. The second-order valence-electron chi connectivity index (χ2n) is 3.87. The lowest BCUT2D eigenvalue weighted by molar-refractivity contribution is 0.231. The summed E-state index contributed by atoms with van der Waals surface area (Å²) in [6.07, 6.45) is 4.00. The molecule has 0 aromatic carbocycles. The van der Waals surface area contributed by atoms with E-state index in [1.807, 2.05) is 0 Å². The molecule has 0 spiro atoms. The van der Waals surface area contributed by atoms with E-state index in [4.69, 9.17) is 4.74 Å². The van der Waals surface area contributed by atoms with E-state index >= 15 is 0 Å². The van der Waals surface area contributed by atoms with Gasteiger partial charge in [-0.15, -0.1) is 0 Å². The average molecular weight is 210 g/mol. The van der Waals surface area contributed by atoms with Gasteiger partial charge in [0.15, 0.2) is 0 Å². The fourth-order valence-electron chi connectivity index (χ4n) is 1.48. The first kappa shape index (κ1) is 10.4. The number of pyridine rings is 1. The molecule has 2 rings (SSSR count). The molecule has 0 atom stereocenters. The van der Waals surface area contributed by atoms with Gasteiger partial charge in [0.1, 0.15) is 12.4 Å². The third-order valence-corrected chi connectivity index (χ3v) is 2.58. The van der Waals surface area contributed by atoms with Crippen molar-refractivity contribution in [2.24, 2.45) is 0 Å². The Bertz CT molecular complexity index is 328. The zero-order valence-corrected chi connectivity index (χ0v) is 8.82. The van der Waals surface area contributed by atoms with Crippen LogP contribution in [0.2, 0.25) is 0 Å². The van der Waals surface area contributed by atoms with Crippen LogP contribution < -0.4 is 4.74 Å². The lowest BCUT2D eigenvalue weighted by Gasteiger charge is -2.15. The second kappa shape index (κ2) is 4.57. The maximum atomic E-state index is 12.7. The van der Waals surface area contributed by atoms with Gasteiger partial charge in [-0.25, -0.2) is 4.98 Å². The molecule has 4 heteroatoms. The zero-order chi connectivity index (χ0) is 10.7. The number of ether oxygens (including phenoxy) is 1. The molecule has 0 saturated heterocycles. The highest BCUT2D eigenvalue weighted by molar-refractivity contribution is 5.17. The molecule has 15 heavy (non-hydrogen) atoms. The van der Waals surface area contributed by atoms with Crippen LogP contribution in [0.3, 0.4) is 0 Å². The molecule has 1 aromatic heterocycles. The lowest BCUT2D eigenvalue weighted by Crippen LogP contribution is -2.26. The number of aromatic nitrogens is 1. The summed E-state index contributed by atoms with van der Waals surface area (Å²) in [7, 11) is 2.09. The second-order valence-corrected chi connectivity index (χ2v) is 3.87. The lowest BCUT2D eigenvalue weighted by atomic mass is 10.4. The van der Waals surface area contributed by atoms with Gasteiger partial charge in [-0.05, 0) is 26.0 Å². The first-order chi connectivity index (χ1) is 7.25. The van der Waals surface area contributed by atoms with Crippen LogP contribution in [0, 0.1) is 5.95 Å². The molecule has 0 bridgehead atoms. The first-order valence-electron chi connectivity index (χ1n) is 5.20. The largest absolute Gasteiger partial charge is 0.492 e. The monoisotopic (exact) mass is 210 g/mol. The van der Waals surface area contributed by atoms with Crippen LogP contribution in [0.25, 0.3) is 0 Å². The Hall–Kier alpha value is -1.16. The molecule has 0 amide bonds. The predicted molar refractivity (Wildman–Crippen MR) is 55.3 cm³/mol. The summed E-state index contributed by atoms with van der Waals surface area (Å²) in [4.78, 5) is 5.74.